The second kappa shape index (κ2) is 9.46. The SMILES string of the molecule is C=C/C(=C\c1nc(-c2ccc(-c3nc4ccc(C(=NC)NCC)cc4[nH]3)o2)[nH]c1C)C1=NCCN1. The summed E-state index contributed by atoms with van der Waals surface area (Å²) in [4.78, 5) is 24.9. The van der Waals surface area contributed by atoms with Gasteiger partial charge in [-0.25, -0.2) is 9.97 Å². The van der Waals surface area contributed by atoms with Crippen LogP contribution in [-0.4, -0.2) is 58.3 Å². The van der Waals surface area contributed by atoms with E-state index in [9.17, 15) is 0 Å². The standard InChI is InChI=1S/C26H28N8O/c1-5-16(24-29-11-12-30-24)13-19-15(3)31-25(33-19)21-9-10-22(35-21)26-32-18-8-7-17(14-20(18)34-26)23(27-4)28-6-2/h5,7-10,13-14H,1,6,11-12H2,2-4H3,(H,27,28)(H,29,30)(H,31,33)(H,32,34)/b16-13+. The van der Waals surface area contributed by atoms with Crippen LogP contribution in [-0.2, 0) is 0 Å². The summed E-state index contributed by atoms with van der Waals surface area (Å²) >= 11 is 0. The fourth-order valence-corrected chi connectivity index (χ4v) is 4.04. The summed E-state index contributed by atoms with van der Waals surface area (Å²) in [7, 11) is 1.78. The van der Waals surface area contributed by atoms with Crippen molar-refractivity contribution in [3.63, 3.8) is 0 Å². The molecular formula is C26H28N8O. The zero-order chi connectivity index (χ0) is 24.4. The van der Waals surface area contributed by atoms with Crippen LogP contribution in [0.4, 0.5) is 0 Å². The van der Waals surface area contributed by atoms with E-state index in [1.807, 2.05) is 50.3 Å². The lowest BCUT2D eigenvalue weighted by atomic mass is 10.2. The van der Waals surface area contributed by atoms with Gasteiger partial charge in [0, 0.05) is 37.0 Å². The number of nitrogens with zero attached hydrogens (tertiary/aromatic N) is 4. The van der Waals surface area contributed by atoms with E-state index in [2.05, 4.69) is 37.2 Å². The summed E-state index contributed by atoms with van der Waals surface area (Å²) in [5.41, 5.74) is 5.43. The number of nitrogens with one attached hydrogen (secondary N) is 4. The molecule has 1 aliphatic rings. The normalized spacial score (nSPS) is 14.3. The van der Waals surface area contributed by atoms with Crippen molar-refractivity contribution >= 4 is 28.8 Å². The molecule has 0 bridgehead atoms. The number of aromatic amines is 2. The van der Waals surface area contributed by atoms with E-state index >= 15 is 0 Å². The van der Waals surface area contributed by atoms with Gasteiger partial charge in [-0.05, 0) is 50.3 Å². The van der Waals surface area contributed by atoms with Gasteiger partial charge < -0.3 is 25.0 Å². The first-order chi connectivity index (χ1) is 17.1. The van der Waals surface area contributed by atoms with E-state index in [0.29, 0.717) is 23.2 Å². The highest BCUT2D eigenvalue weighted by atomic mass is 16.3. The number of amidine groups is 2. The summed E-state index contributed by atoms with van der Waals surface area (Å²) in [5.74, 6) is 4.27. The highest BCUT2D eigenvalue weighted by Crippen LogP contribution is 2.28. The molecule has 5 rings (SSSR count). The Morgan fingerprint density at radius 2 is 1.97 bits per heavy atom. The molecule has 0 fully saturated rings. The van der Waals surface area contributed by atoms with Gasteiger partial charge >= 0.3 is 0 Å². The molecule has 3 aromatic heterocycles. The third-order valence-corrected chi connectivity index (χ3v) is 5.78. The van der Waals surface area contributed by atoms with E-state index in [1.165, 1.54) is 0 Å². The summed E-state index contributed by atoms with van der Waals surface area (Å²) in [5, 5.41) is 6.55. The van der Waals surface area contributed by atoms with E-state index in [1.54, 1.807) is 13.1 Å². The smallest absolute Gasteiger partial charge is 0.174 e. The quantitative estimate of drug-likeness (QED) is 0.185. The number of hydrogen-bond acceptors (Lipinski definition) is 6. The second-order valence-electron chi connectivity index (χ2n) is 8.14. The average Bonchev–Trinajstić information content (AvgIpc) is 3.66. The number of aromatic nitrogens is 4. The molecule has 9 heteroatoms. The number of aliphatic imine (C=N–C) groups is 2. The van der Waals surface area contributed by atoms with Gasteiger partial charge in [0.05, 0.1) is 23.3 Å². The molecule has 4 N–H and O–H groups in total. The second-order valence-corrected chi connectivity index (χ2v) is 8.14. The van der Waals surface area contributed by atoms with Gasteiger partial charge in [0.25, 0.3) is 0 Å². The Kier molecular flexibility index (Phi) is 6.05. The zero-order valence-electron chi connectivity index (χ0n) is 20.1. The number of furan rings is 1. The van der Waals surface area contributed by atoms with Crippen molar-refractivity contribution in [2.45, 2.75) is 13.8 Å². The maximum atomic E-state index is 6.12. The van der Waals surface area contributed by atoms with E-state index < -0.39 is 0 Å². The molecule has 0 amide bonds. The van der Waals surface area contributed by atoms with E-state index in [-0.39, 0.29) is 0 Å². The van der Waals surface area contributed by atoms with Crippen molar-refractivity contribution < 1.29 is 4.42 Å². The van der Waals surface area contributed by atoms with Gasteiger partial charge in [0.1, 0.15) is 11.7 Å². The molecule has 9 nitrogen and oxygen atoms in total. The van der Waals surface area contributed by atoms with Gasteiger partial charge in [-0.2, -0.15) is 0 Å². The van der Waals surface area contributed by atoms with E-state index in [4.69, 9.17) is 14.4 Å². The number of H-pyrrole nitrogens is 2. The molecule has 0 aliphatic carbocycles. The van der Waals surface area contributed by atoms with Gasteiger partial charge in [0.15, 0.2) is 23.2 Å². The van der Waals surface area contributed by atoms with Crippen molar-refractivity contribution in [2.75, 3.05) is 26.7 Å². The van der Waals surface area contributed by atoms with Crippen LogP contribution in [0.1, 0.15) is 23.9 Å². The molecule has 0 radical (unpaired) electrons. The van der Waals surface area contributed by atoms with Crippen LogP contribution in [0, 0.1) is 6.92 Å². The maximum absolute atomic E-state index is 6.12. The Balaban J connectivity index is 1.42. The largest absolute Gasteiger partial charge is 0.450 e. The summed E-state index contributed by atoms with van der Waals surface area (Å²) < 4.78 is 6.12. The lowest BCUT2D eigenvalue weighted by Crippen LogP contribution is -2.23. The Labute approximate surface area is 203 Å². The van der Waals surface area contributed by atoms with Crippen molar-refractivity contribution in [1.29, 1.82) is 0 Å². The highest BCUT2D eigenvalue weighted by Gasteiger charge is 2.16. The predicted octanol–water partition coefficient (Wildman–Crippen LogP) is 4.08. The van der Waals surface area contributed by atoms with E-state index in [0.717, 1.165) is 64.9 Å². The topological polar surface area (TPSA) is 119 Å². The van der Waals surface area contributed by atoms with Crippen LogP contribution >= 0.6 is 0 Å². The van der Waals surface area contributed by atoms with Crippen LogP contribution in [0.25, 0.3) is 40.3 Å². The third-order valence-electron chi connectivity index (χ3n) is 5.78. The number of fused-ring (bicyclic) bond motifs is 1. The fourth-order valence-electron chi connectivity index (χ4n) is 4.04. The number of hydrogen-bond donors (Lipinski definition) is 4. The predicted molar refractivity (Wildman–Crippen MR) is 141 cm³/mol. The molecule has 0 spiro atoms. The average molecular weight is 469 g/mol. The van der Waals surface area contributed by atoms with Crippen molar-refractivity contribution in [1.82, 2.24) is 30.6 Å². The number of imidazole rings is 2. The van der Waals surface area contributed by atoms with Gasteiger partial charge in [-0.1, -0.05) is 12.7 Å². The minimum Gasteiger partial charge on any atom is -0.450 e. The molecule has 4 aromatic rings. The van der Waals surface area contributed by atoms with Crippen molar-refractivity contribution in [3.05, 3.63) is 65.5 Å². The lowest BCUT2D eigenvalue weighted by Gasteiger charge is -2.06. The third kappa shape index (κ3) is 4.40. The summed E-state index contributed by atoms with van der Waals surface area (Å²) in [6.45, 7) is 10.4. The monoisotopic (exact) mass is 468 g/mol. The Hall–Kier alpha value is -4.40. The molecule has 35 heavy (non-hydrogen) atoms. The zero-order valence-corrected chi connectivity index (χ0v) is 20.1. The maximum Gasteiger partial charge on any atom is 0.174 e. The number of rotatable bonds is 7. The fraction of sp³-hybridized carbons (Fsp3) is 0.231. The minimum atomic E-state index is 0.632. The molecule has 0 saturated heterocycles. The molecular weight excluding hydrogens is 440 g/mol. The molecule has 0 unspecified atom stereocenters. The molecule has 0 atom stereocenters. The molecule has 0 saturated carbocycles. The first-order valence-electron chi connectivity index (χ1n) is 11.6. The van der Waals surface area contributed by atoms with Crippen LogP contribution in [0.3, 0.4) is 0 Å². The lowest BCUT2D eigenvalue weighted by molar-refractivity contribution is 0.589. The molecule has 1 aromatic carbocycles. The van der Waals surface area contributed by atoms with Crippen molar-refractivity contribution in [2.24, 2.45) is 9.98 Å². The first-order valence-corrected chi connectivity index (χ1v) is 11.6. The van der Waals surface area contributed by atoms with Crippen LogP contribution in [0.15, 0.2) is 63.0 Å². The molecule has 1 aliphatic heterocycles. The van der Waals surface area contributed by atoms with Gasteiger partial charge in [-0.3, -0.25) is 9.98 Å². The van der Waals surface area contributed by atoms with Gasteiger partial charge in [-0.15, -0.1) is 0 Å². The Morgan fingerprint density at radius 1 is 1.17 bits per heavy atom. The number of benzene rings is 1. The van der Waals surface area contributed by atoms with Crippen LogP contribution in [0.5, 0.6) is 0 Å². The van der Waals surface area contributed by atoms with Crippen LogP contribution in [0.2, 0.25) is 0 Å². The minimum absolute atomic E-state index is 0.632. The Bertz CT molecular complexity index is 1480. The molecule has 178 valence electrons. The first kappa shape index (κ1) is 22.4. The summed E-state index contributed by atoms with van der Waals surface area (Å²) in [6, 6.07) is 9.81. The molecule has 4 heterocycles. The van der Waals surface area contributed by atoms with Crippen LogP contribution < -0.4 is 10.6 Å². The summed E-state index contributed by atoms with van der Waals surface area (Å²) in [6.07, 6.45) is 3.76. The Morgan fingerprint density at radius 3 is 2.66 bits per heavy atom. The van der Waals surface area contributed by atoms with Gasteiger partial charge in [0.2, 0.25) is 0 Å². The highest BCUT2D eigenvalue weighted by molar-refractivity contribution is 6.05. The number of aryl methyl sites for hydroxylation is 1. The van der Waals surface area contributed by atoms with Crippen molar-refractivity contribution in [3.8, 4) is 23.2 Å².